The molecule has 0 spiro atoms. The summed E-state index contributed by atoms with van der Waals surface area (Å²) in [5, 5.41) is 3.15. The van der Waals surface area contributed by atoms with Crippen LogP contribution in [0.1, 0.15) is 25.7 Å². The maximum absolute atomic E-state index is 13.2. The van der Waals surface area contributed by atoms with E-state index in [9.17, 15) is 4.39 Å². The molecule has 0 amide bonds. The van der Waals surface area contributed by atoms with Gasteiger partial charge < -0.3 is 9.88 Å². The Labute approximate surface area is 94.3 Å². The minimum absolute atomic E-state index is 0.162. The van der Waals surface area contributed by atoms with Crippen molar-refractivity contribution in [2.24, 2.45) is 0 Å². The summed E-state index contributed by atoms with van der Waals surface area (Å²) in [5.74, 6) is 0.733. The molecule has 0 aliphatic carbocycles. The first-order chi connectivity index (χ1) is 7.67. The topological polar surface area (TPSA) is 29.9 Å². The zero-order valence-electron chi connectivity index (χ0n) is 9.79. The molecule has 1 aromatic heterocycles. The lowest BCUT2D eigenvalue weighted by Crippen LogP contribution is -2.17. The van der Waals surface area contributed by atoms with Crippen LogP contribution in [-0.2, 0) is 6.54 Å². The van der Waals surface area contributed by atoms with E-state index in [4.69, 9.17) is 0 Å². The van der Waals surface area contributed by atoms with E-state index in [0.717, 1.165) is 23.4 Å². The third-order valence-corrected chi connectivity index (χ3v) is 2.88. The predicted molar refractivity (Wildman–Crippen MR) is 62.8 cm³/mol. The summed E-state index contributed by atoms with van der Waals surface area (Å²) in [6.45, 7) is 4.88. The predicted octanol–water partition coefficient (Wildman–Crippen LogP) is 2.48. The molecular formula is C12H16FN3. The van der Waals surface area contributed by atoms with E-state index in [1.54, 1.807) is 6.07 Å². The number of nitrogens with one attached hydrogen (secondary N) is 1. The number of aryl methyl sites for hydroxylation is 1. The molecule has 1 atom stereocenters. The number of aromatic nitrogens is 2. The fraction of sp³-hybridized carbons (Fsp3) is 0.417. The maximum Gasteiger partial charge on any atom is 0.126 e. The summed E-state index contributed by atoms with van der Waals surface area (Å²) in [4.78, 5) is 4.53. The number of rotatable bonds is 3. The van der Waals surface area contributed by atoms with Crippen LogP contribution in [0.15, 0.2) is 18.2 Å². The minimum atomic E-state index is -0.217. The van der Waals surface area contributed by atoms with Crippen LogP contribution in [0, 0.1) is 5.82 Å². The van der Waals surface area contributed by atoms with Crippen molar-refractivity contribution in [3.63, 3.8) is 0 Å². The van der Waals surface area contributed by atoms with E-state index in [1.807, 2.05) is 25.5 Å². The summed E-state index contributed by atoms with van der Waals surface area (Å²) >= 11 is 0. The van der Waals surface area contributed by atoms with Gasteiger partial charge in [0.25, 0.3) is 0 Å². The molecule has 0 saturated heterocycles. The Morgan fingerprint density at radius 2 is 2.25 bits per heavy atom. The van der Waals surface area contributed by atoms with Crippen LogP contribution >= 0.6 is 0 Å². The molecule has 4 heteroatoms. The van der Waals surface area contributed by atoms with Crippen LogP contribution in [0.5, 0.6) is 0 Å². The fourth-order valence-corrected chi connectivity index (χ4v) is 1.91. The minimum Gasteiger partial charge on any atom is -0.327 e. The average molecular weight is 221 g/mol. The zero-order chi connectivity index (χ0) is 11.7. The van der Waals surface area contributed by atoms with Crippen molar-refractivity contribution in [3.8, 4) is 0 Å². The highest BCUT2D eigenvalue weighted by Gasteiger charge is 2.14. The molecule has 0 saturated carbocycles. The molecule has 0 aliphatic rings. The van der Waals surface area contributed by atoms with Gasteiger partial charge in [-0.25, -0.2) is 9.37 Å². The van der Waals surface area contributed by atoms with Crippen LogP contribution in [0.4, 0.5) is 4.39 Å². The second-order valence-electron chi connectivity index (χ2n) is 3.86. The van der Waals surface area contributed by atoms with E-state index in [0.29, 0.717) is 0 Å². The quantitative estimate of drug-likeness (QED) is 0.863. The van der Waals surface area contributed by atoms with Gasteiger partial charge in [0, 0.05) is 6.54 Å². The second-order valence-corrected chi connectivity index (χ2v) is 3.86. The zero-order valence-corrected chi connectivity index (χ0v) is 9.79. The van der Waals surface area contributed by atoms with Gasteiger partial charge in [-0.15, -0.1) is 0 Å². The Morgan fingerprint density at radius 1 is 1.50 bits per heavy atom. The lowest BCUT2D eigenvalue weighted by Gasteiger charge is -2.11. The largest absolute Gasteiger partial charge is 0.327 e. The number of hydrogen-bond acceptors (Lipinski definition) is 2. The van der Waals surface area contributed by atoms with Crippen molar-refractivity contribution in [1.29, 1.82) is 0 Å². The van der Waals surface area contributed by atoms with Gasteiger partial charge >= 0.3 is 0 Å². The molecule has 1 heterocycles. The molecule has 1 aromatic carbocycles. The van der Waals surface area contributed by atoms with Crippen molar-refractivity contribution in [1.82, 2.24) is 14.9 Å². The average Bonchev–Trinajstić information content (AvgIpc) is 2.65. The number of benzene rings is 1. The number of halogens is 1. The van der Waals surface area contributed by atoms with E-state index < -0.39 is 0 Å². The number of nitrogens with zero attached hydrogens (tertiary/aromatic N) is 2. The van der Waals surface area contributed by atoms with Crippen molar-refractivity contribution < 1.29 is 4.39 Å². The van der Waals surface area contributed by atoms with Gasteiger partial charge in [0.2, 0.25) is 0 Å². The Hall–Kier alpha value is -1.42. The molecule has 0 radical (unpaired) electrons. The molecule has 0 fully saturated rings. The second kappa shape index (κ2) is 4.22. The molecule has 3 nitrogen and oxygen atoms in total. The van der Waals surface area contributed by atoms with Gasteiger partial charge in [-0.1, -0.05) is 0 Å². The number of imidazole rings is 1. The molecule has 16 heavy (non-hydrogen) atoms. The lowest BCUT2D eigenvalue weighted by molar-refractivity contribution is 0.569. The van der Waals surface area contributed by atoms with Gasteiger partial charge in [0.15, 0.2) is 0 Å². The smallest absolute Gasteiger partial charge is 0.126 e. The highest BCUT2D eigenvalue weighted by Crippen LogP contribution is 2.21. The van der Waals surface area contributed by atoms with Gasteiger partial charge in [-0.3, -0.25) is 0 Å². The normalized spacial score (nSPS) is 13.2. The molecule has 1 N–H and O–H groups in total. The first kappa shape index (κ1) is 11.1. The SMILES string of the molecule is CCn1c(C(C)NC)nc2ccc(F)cc21. The van der Waals surface area contributed by atoms with Crippen LogP contribution in [-0.4, -0.2) is 16.6 Å². The highest BCUT2D eigenvalue weighted by atomic mass is 19.1. The Balaban J connectivity index is 2.66. The summed E-state index contributed by atoms with van der Waals surface area (Å²) < 4.78 is 15.2. The first-order valence-electron chi connectivity index (χ1n) is 5.50. The Morgan fingerprint density at radius 3 is 2.88 bits per heavy atom. The molecular weight excluding hydrogens is 205 g/mol. The van der Waals surface area contributed by atoms with Crippen molar-refractivity contribution >= 4 is 11.0 Å². The number of hydrogen-bond donors (Lipinski definition) is 1. The first-order valence-corrected chi connectivity index (χ1v) is 5.50. The van der Waals surface area contributed by atoms with E-state index in [1.165, 1.54) is 12.1 Å². The Bertz CT molecular complexity index is 504. The van der Waals surface area contributed by atoms with Crippen LogP contribution in [0.2, 0.25) is 0 Å². The van der Waals surface area contributed by atoms with Crippen molar-refractivity contribution in [2.75, 3.05) is 7.05 Å². The standard InChI is InChI=1S/C12H16FN3/c1-4-16-11-7-9(13)5-6-10(11)15-12(16)8(2)14-3/h5-8,14H,4H2,1-3H3. The highest BCUT2D eigenvalue weighted by molar-refractivity contribution is 5.76. The lowest BCUT2D eigenvalue weighted by atomic mass is 10.3. The summed E-state index contributed by atoms with van der Waals surface area (Å²) in [6.07, 6.45) is 0. The summed E-state index contributed by atoms with van der Waals surface area (Å²) in [7, 11) is 1.89. The molecule has 2 rings (SSSR count). The molecule has 2 aromatic rings. The maximum atomic E-state index is 13.2. The van der Waals surface area contributed by atoms with E-state index in [2.05, 4.69) is 10.3 Å². The van der Waals surface area contributed by atoms with E-state index in [-0.39, 0.29) is 11.9 Å². The molecule has 0 aliphatic heterocycles. The third-order valence-electron chi connectivity index (χ3n) is 2.88. The molecule has 1 unspecified atom stereocenters. The molecule has 0 bridgehead atoms. The van der Waals surface area contributed by atoms with Gasteiger partial charge in [-0.2, -0.15) is 0 Å². The van der Waals surface area contributed by atoms with Crippen LogP contribution < -0.4 is 5.32 Å². The van der Waals surface area contributed by atoms with Gasteiger partial charge in [0.05, 0.1) is 17.1 Å². The fourth-order valence-electron chi connectivity index (χ4n) is 1.91. The summed E-state index contributed by atoms with van der Waals surface area (Å²) in [6, 6.07) is 4.87. The van der Waals surface area contributed by atoms with Gasteiger partial charge in [-0.05, 0) is 39.1 Å². The van der Waals surface area contributed by atoms with Crippen LogP contribution in [0.3, 0.4) is 0 Å². The summed E-state index contributed by atoms with van der Waals surface area (Å²) in [5.41, 5.74) is 1.71. The van der Waals surface area contributed by atoms with E-state index >= 15 is 0 Å². The Kier molecular flexibility index (Phi) is 2.92. The van der Waals surface area contributed by atoms with Crippen LogP contribution in [0.25, 0.3) is 11.0 Å². The van der Waals surface area contributed by atoms with Crippen molar-refractivity contribution in [3.05, 3.63) is 29.8 Å². The number of fused-ring (bicyclic) bond motifs is 1. The molecule has 86 valence electrons. The van der Waals surface area contributed by atoms with Gasteiger partial charge in [0.1, 0.15) is 11.6 Å². The monoisotopic (exact) mass is 221 g/mol. The van der Waals surface area contributed by atoms with Crippen molar-refractivity contribution in [2.45, 2.75) is 26.4 Å². The third kappa shape index (κ3) is 1.69.